The molecule has 1 aromatic carbocycles. The molecule has 0 aliphatic heterocycles. The molecular formula is C16H23NO6. The molecule has 0 amide bonds. The zero-order chi connectivity index (χ0) is 17.2. The zero-order valence-corrected chi connectivity index (χ0v) is 13.4. The maximum atomic E-state index is 9.10. The van der Waals surface area contributed by atoms with Gasteiger partial charge in [-0.25, -0.2) is 9.59 Å². The number of methoxy groups -OCH3 is 2. The van der Waals surface area contributed by atoms with Gasteiger partial charge in [-0.15, -0.1) is 0 Å². The van der Waals surface area contributed by atoms with Gasteiger partial charge < -0.3 is 25.0 Å². The summed E-state index contributed by atoms with van der Waals surface area (Å²) < 4.78 is 10.5. The number of aliphatic carboxylic acids is 2. The maximum absolute atomic E-state index is 9.10. The van der Waals surface area contributed by atoms with Crippen molar-refractivity contribution in [2.24, 2.45) is 0 Å². The number of ether oxygens (including phenoxy) is 2. The van der Waals surface area contributed by atoms with Crippen LogP contribution in [-0.2, 0) is 16.1 Å². The molecule has 1 aliphatic carbocycles. The summed E-state index contributed by atoms with van der Waals surface area (Å²) in [4.78, 5) is 18.2. The summed E-state index contributed by atoms with van der Waals surface area (Å²) in [5.74, 6) is -2.06. The fraction of sp³-hybridized carbons (Fsp3) is 0.500. The summed E-state index contributed by atoms with van der Waals surface area (Å²) in [5, 5.41) is 18.4. The largest absolute Gasteiger partial charge is 0.493 e. The molecule has 1 aliphatic rings. The van der Waals surface area contributed by atoms with Crippen molar-refractivity contribution in [1.29, 1.82) is 0 Å². The van der Waals surface area contributed by atoms with Crippen LogP contribution in [0, 0.1) is 0 Å². The SMILES string of the molecule is COc1ccc(CNC2CCCC2)cc1OC.O=C(O)C(=O)O. The first-order valence-corrected chi connectivity index (χ1v) is 7.38. The van der Waals surface area contributed by atoms with Crippen LogP contribution in [0.4, 0.5) is 0 Å². The van der Waals surface area contributed by atoms with Crippen LogP contribution in [0.3, 0.4) is 0 Å². The molecule has 0 spiro atoms. The first-order valence-electron chi connectivity index (χ1n) is 7.38. The summed E-state index contributed by atoms with van der Waals surface area (Å²) in [6, 6.07) is 6.79. The highest BCUT2D eigenvalue weighted by molar-refractivity contribution is 6.27. The third kappa shape index (κ3) is 6.56. The Kier molecular flexibility index (Phi) is 7.90. The van der Waals surface area contributed by atoms with Crippen LogP contribution in [-0.4, -0.2) is 42.4 Å². The minimum Gasteiger partial charge on any atom is -0.493 e. The van der Waals surface area contributed by atoms with Gasteiger partial charge in [-0.3, -0.25) is 0 Å². The number of carbonyl (C=O) groups is 2. The van der Waals surface area contributed by atoms with Crippen LogP contribution in [0.15, 0.2) is 18.2 Å². The second-order valence-electron chi connectivity index (χ2n) is 5.16. The van der Waals surface area contributed by atoms with Crippen LogP contribution in [0.2, 0.25) is 0 Å². The third-order valence-electron chi connectivity index (χ3n) is 3.58. The van der Waals surface area contributed by atoms with Gasteiger partial charge in [0.1, 0.15) is 0 Å². The number of hydrogen-bond donors (Lipinski definition) is 3. The van der Waals surface area contributed by atoms with Gasteiger partial charge in [0.25, 0.3) is 0 Å². The summed E-state index contributed by atoms with van der Waals surface area (Å²) >= 11 is 0. The van der Waals surface area contributed by atoms with E-state index in [0.717, 1.165) is 18.0 Å². The number of benzene rings is 1. The first kappa shape index (κ1) is 18.8. The minimum atomic E-state index is -1.82. The Morgan fingerprint density at radius 1 is 1.09 bits per heavy atom. The fourth-order valence-electron chi connectivity index (χ4n) is 2.38. The van der Waals surface area contributed by atoms with Crippen LogP contribution in [0.25, 0.3) is 0 Å². The molecule has 0 heterocycles. The Morgan fingerprint density at radius 3 is 2.13 bits per heavy atom. The summed E-state index contributed by atoms with van der Waals surface area (Å²) in [6.45, 7) is 0.908. The van der Waals surface area contributed by atoms with E-state index < -0.39 is 11.9 Å². The predicted molar refractivity (Wildman–Crippen MR) is 83.9 cm³/mol. The highest BCUT2D eigenvalue weighted by Crippen LogP contribution is 2.27. The molecule has 2 rings (SSSR count). The van der Waals surface area contributed by atoms with Crippen LogP contribution < -0.4 is 14.8 Å². The van der Waals surface area contributed by atoms with Gasteiger partial charge in [-0.1, -0.05) is 18.9 Å². The molecule has 1 saturated carbocycles. The molecule has 7 nitrogen and oxygen atoms in total. The van der Waals surface area contributed by atoms with Gasteiger partial charge in [0, 0.05) is 12.6 Å². The molecule has 1 aromatic rings. The standard InChI is InChI=1S/C14H21NO2.C2H2O4/c1-16-13-8-7-11(9-14(13)17-2)10-15-12-5-3-4-6-12;3-1(4)2(5)6/h7-9,12,15H,3-6,10H2,1-2H3;(H,3,4)(H,5,6). The van der Waals surface area contributed by atoms with Crippen LogP contribution in [0.5, 0.6) is 11.5 Å². The predicted octanol–water partition coefficient (Wildman–Crippen LogP) is 1.89. The van der Waals surface area contributed by atoms with Crippen LogP contribution >= 0.6 is 0 Å². The molecule has 0 bridgehead atoms. The van der Waals surface area contributed by atoms with Gasteiger partial charge in [-0.2, -0.15) is 0 Å². The maximum Gasteiger partial charge on any atom is 0.414 e. The van der Waals surface area contributed by atoms with Crippen molar-refractivity contribution >= 4 is 11.9 Å². The van der Waals surface area contributed by atoms with E-state index in [-0.39, 0.29) is 0 Å². The summed E-state index contributed by atoms with van der Waals surface area (Å²) in [6.07, 6.45) is 5.35. The fourth-order valence-corrected chi connectivity index (χ4v) is 2.38. The minimum absolute atomic E-state index is 0.697. The van der Waals surface area contributed by atoms with E-state index in [1.165, 1.54) is 31.2 Å². The van der Waals surface area contributed by atoms with Gasteiger partial charge in [0.05, 0.1) is 14.2 Å². The second-order valence-corrected chi connectivity index (χ2v) is 5.16. The van der Waals surface area contributed by atoms with E-state index in [4.69, 9.17) is 29.3 Å². The average molecular weight is 325 g/mol. The average Bonchev–Trinajstić information content (AvgIpc) is 3.06. The van der Waals surface area contributed by atoms with Crippen molar-refractivity contribution in [3.05, 3.63) is 23.8 Å². The van der Waals surface area contributed by atoms with Gasteiger partial charge in [0.2, 0.25) is 0 Å². The van der Waals surface area contributed by atoms with E-state index in [9.17, 15) is 0 Å². The Bertz CT molecular complexity index is 513. The molecule has 3 N–H and O–H groups in total. The lowest BCUT2D eigenvalue weighted by atomic mass is 10.1. The Hall–Kier alpha value is -2.28. The topological polar surface area (TPSA) is 105 Å². The van der Waals surface area contributed by atoms with Crippen molar-refractivity contribution in [3.8, 4) is 11.5 Å². The lowest BCUT2D eigenvalue weighted by Crippen LogP contribution is -2.25. The zero-order valence-electron chi connectivity index (χ0n) is 13.4. The highest BCUT2D eigenvalue weighted by Gasteiger charge is 2.14. The van der Waals surface area contributed by atoms with Crippen molar-refractivity contribution < 1.29 is 29.3 Å². The molecule has 0 unspecified atom stereocenters. The van der Waals surface area contributed by atoms with E-state index >= 15 is 0 Å². The lowest BCUT2D eigenvalue weighted by molar-refractivity contribution is -0.159. The molecule has 23 heavy (non-hydrogen) atoms. The molecule has 0 atom stereocenters. The molecule has 7 heteroatoms. The summed E-state index contributed by atoms with van der Waals surface area (Å²) in [7, 11) is 3.33. The number of nitrogens with one attached hydrogen (secondary N) is 1. The monoisotopic (exact) mass is 325 g/mol. The van der Waals surface area contributed by atoms with Crippen molar-refractivity contribution in [2.45, 2.75) is 38.3 Å². The van der Waals surface area contributed by atoms with Crippen LogP contribution in [0.1, 0.15) is 31.2 Å². The van der Waals surface area contributed by atoms with Crippen molar-refractivity contribution in [1.82, 2.24) is 5.32 Å². The highest BCUT2D eigenvalue weighted by atomic mass is 16.5. The van der Waals surface area contributed by atoms with E-state index in [0.29, 0.717) is 6.04 Å². The Morgan fingerprint density at radius 2 is 1.65 bits per heavy atom. The van der Waals surface area contributed by atoms with Crippen molar-refractivity contribution in [2.75, 3.05) is 14.2 Å². The number of carboxylic acid groups (broad SMARTS) is 2. The van der Waals surface area contributed by atoms with Gasteiger partial charge in [0.15, 0.2) is 11.5 Å². The first-order chi connectivity index (χ1) is 11.0. The molecular weight excluding hydrogens is 302 g/mol. The van der Waals surface area contributed by atoms with Gasteiger partial charge in [-0.05, 0) is 30.5 Å². The molecule has 0 saturated heterocycles. The normalized spacial score (nSPS) is 13.8. The van der Waals surface area contributed by atoms with Crippen molar-refractivity contribution in [3.63, 3.8) is 0 Å². The van der Waals surface area contributed by atoms with Gasteiger partial charge >= 0.3 is 11.9 Å². The molecule has 0 radical (unpaired) electrons. The Labute approximate surface area is 135 Å². The third-order valence-corrected chi connectivity index (χ3v) is 3.58. The smallest absolute Gasteiger partial charge is 0.414 e. The molecule has 128 valence electrons. The van der Waals surface area contributed by atoms with E-state index in [2.05, 4.69) is 11.4 Å². The quantitative estimate of drug-likeness (QED) is 0.710. The molecule has 1 fully saturated rings. The second kappa shape index (κ2) is 9.68. The number of rotatable bonds is 5. The number of hydrogen-bond acceptors (Lipinski definition) is 5. The molecule has 0 aromatic heterocycles. The van der Waals surface area contributed by atoms with E-state index in [1.807, 2.05) is 12.1 Å². The summed E-state index contributed by atoms with van der Waals surface area (Å²) in [5.41, 5.74) is 1.24. The number of carboxylic acids is 2. The lowest BCUT2D eigenvalue weighted by Gasteiger charge is -2.13. The Balaban J connectivity index is 0.000000379. The van der Waals surface area contributed by atoms with E-state index in [1.54, 1.807) is 14.2 Å².